The van der Waals surface area contributed by atoms with Crippen LogP contribution in [0.4, 0.5) is 35.1 Å². The summed E-state index contributed by atoms with van der Waals surface area (Å²) in [6.07, 6.45) is -5.46. The molecule has 1 aliphatic heterocycles. The highest BCUT2D eigenvalue weighted by Gasteiger charge is 2.75. The van der Waals surface area contributed by atoms with E-state index >= 15 is 0 Å². The highest BCUT2D eigenvalue weighted by atomic mass is 19.4. The number of halogens is 8. The van der Waals surface area contributed by atoms with Gasteiger partial charge in [0.1, 0.15) is 12.7 Å². The molecule has 0 bridgehead atoms. The summed E-state index contributed by atoms with van der Waals surface area (Å²) in [6.45, 7) is -2.41. The number of rotatable bonds is 7. The lowest BCUT2D eigenvalue weighted by Gasteiger charge is -2.31. The van der Waals surface area contributed by atoms with E-state index < -0.39 is 43.5 Å². The third-order valence-electron chi connectivity index (χ3n) is 2.14. The van der Waals surface area contributed by atoms with Gasteiger partial charge in [-0.2, -0.15) is 26.3 Å². The van der Waals surface area contributed by atoms with Crippen molar-refractivity contribution in [2.75, 3.05) is 19.8 Å². The molecule has 0 aliphatic carbocycles. The molecule has 108 valence electrons. The summed E-state index contributed by atoms with van der Waals surface area (Å²) >= 11 is 0. The molecule has 1 aliphatic rings. The van der Waals surface area contributed by atoms with E-state index in [1.165, 1.54) is 0 Å². The van der Waals surface area contributed by atoms with Crippen molar-refractivity contribution < 1.29 is 44.6 Å². The Balaban J connectivity index is 2.66. The van der Waals surface area contributed by atoms with Crippen LogP contribution in [0.15, 0.2) is 0 Å². The van der Waals surface area contributed by atoms with Crippen molar-refractivity contribution in [3.63, 3.8) is 0 Å². The van der Waals surface area contributed by atoms with E-state index in [-0.39, 0.29) is 6.61 Å². The molecule has 2 nitrogen and oxygen atoms in total. The number of epoxide rings is 1. The van der Waals surface area contributed by atoms with Crippen LogP contribution in [0.1, 0.15) is 0 Å². The van der Waals surface area contributed by atoms with Crippen LogP contribution < -0.4 is 0 Å². The summed E-state index contributed by atoms with van der Waals surface area (Å²) in [5.74, 6) is -17.8. The first-order chi connectivity index (χ1) is 8.02. The van der Waals surface area contributed by atoms with E-state index in [0.717, 1.165) is 0 Å². The largest absolute Gasteiger partial charge is 0.380 e. The SMILES string of the molecule is FC(F)C(F)(F)C(F)(F)C(F)(F)COC[C@H]1CO1. The summed E-state index contributed by atoms with van der Waals surface area (Å²) in [5, 5.41) is 0. The van der Waals surface area contributed by atoms with Crippen molar-refractivity contribution in [3.8, 4) is 0 Å². The minimum Gasteiger partial charge on any atom is -0.372 e. The molecule has 1 saturated heterocycles. The summed E-state index contributed by atoms with van der Waals surface area (Å²) < 4.78 is 108. The zero-order chi connectivity index (χ0) is 14.2. The highest BCUT2D eigenvalue weighted by Crippen LogP contribution is 2.48. The molecule has 0 aromatic rings. The van der Waals surface area contributed by atoms with Gasteiger partial charge in [0.15, 0.2) is 0 Å². The summed E-state index contributed by atoms with van der Waals surface area (Å²) in [7, 11) is 0. The van der Waals surface area contributed by atoms with Gasteiger partial charge >= 0.3 is 24.2 Å². The minimum absolute atomic E-state index is 0.176. The molecule has 1 fully saturated rings. The molecular formula is C8H8F8O2. The zero-order valence-electron chi connectivity index (χ0n) is 8.62. The van der Waals surface area contributed by atoms with Crippen molar-refractivity contribution in [1.29, 1.82) is 0 Å². The fourth-order valence-electron chi connectivity index (χ4n) is 0.954. The molecule has 10 heteroatoms. The third kappa shape index (κ3) is 2.85. The standard InChI is InChI=1S/C8H8F8O2/c9-5(10)7(13,14)8(15,16)6(11,12)3-17-1-4-2-18-4/h4-5H,1-3H2/t4-/m0/s1. The van der Waals surface area contributed by atoms with Crippen LogP contribution in [0.25, 0.3) is 0 Å². The van der Waals surface area contributed by atoms with Crippen molar-refractivity contribution in [1.82, 2.24) is 0 Å². The van der Waals surface area contributed by atoms with Gasteiger partial charge < -0.3 is 9.47 Å². The van der Waals surface area contributed by atoms with Gasteiger partial charge in [-0.05, 0) is 0 Å². The number of alkyl halides is 8. The molecule has 0 amide bonds. The Morgan fingerprint density at radius 2 is 1.61 bits per heavy atom. The molecule has 1 heterocycles. The predicted octanol–water partition coefficient (Wildman–Crippen LogP) is 2.57. The van der Waals surface area contributed by atoms with E-state index in [0.29, 0.717) is 0 Å². The Hall–Kier alpha value is -0.640. The van der Waals surface area contributed by atoms with Crippen LogP contribution in [0, 0.1) is 0 Å². The highest BCUT2D eigenvalue weighted by molar-refractivity contribution is 4.97. The summed E-state index contributed by atoms with van der Waals surface area (Å²) in [4.78, 5) is 0. The van der Waals surface area contributed by atoms with Gasteiger partial charge in [0.05, 0.1) is 13.2 Å². The fraction of sp³-hybridized carbons (Fsp3) is 1.00. The molecule has 1 rings (SSSR count). The van der Waals surface area contributed by atoms with Crippen LogP contribution in [0.2, 0.25) is 0 Å². The van der Waals surface area contributed by atoms with Gasteiger partial charge in [0.2, 0.25) is 0 Å². The Morgan fingerprint density at radius 1 is 1.11 bits per heavy atom. The van der Waals surface area contributed by atoms with Gasteiger partial charge in [-0.25, -0.2) is 8.78 Å². The first kappa shape index (κ1) is 15.4. The fourth-order valence-corrected chi connectivity index (χ4v) is 0.954. The normalized spacial score (nSPS) is 21.5. The number of ether oxygens (including phenoxy) is 2. The molecular weight excluding hydrogens is 280 g/mol. The lowest BCUT2D eigenvalue weighted by molar-refractivity contribution is -0.346. The quantitative estimate of drug-likeness (QED) is 0.530. The smallest absolute Gasteiger partial charge is 0.372 e. The average Bonchev–Trinajstić information content (AvgIpc) is 3.00. The predicted molar refractivity (Wildman–Crippen MR) is 41.4 cm³/mol. The maximum atomic E-state index is 12.8. The molecule has 0 unspecified atom stereocenters. The van der Waals surface area contributed by atoms with Crippen LogP contribution in [-0.4, -0.2) is 50.1 Å². The van der Waals surface area contributed by atoms with E-state index in [1.54, 1.807) is 0 Å². The van der Waals surface area contributed by atoms with Gasteiger partial charge in [0, 0.05) is 0 Å². The summed E-state index contributed by atoms with van der Waals surface area (Å²) in [6, 6.07) is 0. The topological polar surface area (TPSA) is 21.8 Å². The number of hydrogen-bond acceptors (Lipinski definition) is 2. The summed E-state index contributed by atoms with van der Waals surface area (Å²) in [5.41, 5.74) is 0. The lowest BCUT2D eigenvalue weighted by atomic mass is 10.1. The second kappa shape index (κ2) is 4.80. The maximum Gasteiger partial charge on any atom is 0.380 e. The average molecular weight is 288 g/mol. The third-order valence-corrected chi connectivity index (χ3v) is 2.14. The maximum absolute atomic E-state index is 12.8. The molecule has 0 aromatic heterocycles. The zero-order valence-corrected chi connectivity index (χ0v) is 8.62. The van der Waals surface area contributed by atoms with Crippen LogP contribution in [-0.2, 0) is 9.47 Å². The molecule has 1 atom stereocenters. The Labute approximate surface area is 95.8 Å². The molecule has 0 radical (unpaired) electrons. The van der Waals surface area contributed by atoms with Crippen molar-refractivity contribution in [2.24, 2.45) is 0 Å². The first-order valence-corrected chi connectivity index (χ1v) is 4.63. The number of hydrogen-bond donors (Lipinski definition) is 0. The Morgan fingerprint density at radius 3 is 2.00 bits per heavy atom. The minimum atomic E-state index is -6.21. The Kier molecular flexibility index (Phi) is 4.11. The van der Waals surface area contributed by atoms with Gasteiger partial charge in [0.25, 0.3) is 0 Å². The van der Waals surface area contributed by atoms with Crippen molar-refractivity contribution in [2.45, 2.75) is 30.3 Å². The van der Waals surface area contributed by atoms with Crippen molar-refractivity contribution in [3.05, 3.63) is 0 Å². The molecule has 0 spiro atoms. The molecule has 0 aromatic carbocycles. The van der Waals surface area contributed by atoms with Crippen LogP contribution >= 0.6 is 0 Å². The van der Waals surface area contributed by atoms with Crippen LogP contribution in [0.3, 0.4) is 0 Å². The monoisotopic (exact) mass is 288 g/mol. The van der Waals surface area contributed by atoms with Gasteiger partial charge in [-0.15, -0.1) is 0 Å². The molecule has 0 saturated carbocycles. The molecule has 18 heavy (non-hydrogen) atoms. The second-order valence-corrected chi connectivity index (χ2v) is 3.67. The van der Waals surface area contributed by atoms with E-state index in [1.807, 2.05) is 0 Å². The van der Waals surface area contributed by atoms with E-state index in [9.17, 15) is 35.1 Å². The lowest BCUT2D eigenvalue weighted by Crippen LogP contribution is -2.59. The van der Waals surface area contributed by atoms with Gasteiger partial charge in [-0.1, -0.05) is 0 Å². The second-order valence-electron chi connectivity index (χ2n) is 3.67. The van der Waals surface area contributed by atoms with Crippen LogP contribution in [0.5, 0.6) is 0 Å². The van der Waals surface area contributed by atoms with Crippen molar-refractivity contribution >= 4 is 0 Å². The van der Waals surface area contributed by atoms with E-state index in [2.05, 4.69) is 9.47 Å². The Bertz CT molecular complexity index is 289. The first-order valence-electron chi connectivity index (χ1n) is 4.63. The van der Waals surface area contributed by atoms with Gasteiger partial charge in [-0.3, -0.25) is 0 Å². The van der Waals surface area contributed by atoms with E-state index in [4.69, 9.17) is 0 Å². The molecule has 0 N–H and O–H groups in total.